The summed E-state index contributed by atoms with van der Waals surface area (Å²) in [4.78, 5) is 16.7. The summed E-state index contributed by atoms with van der Waals surface area (Å²) >= 11 is 0. The third-order valence-electron chi connectivity index (χ3n) is 4.66. The van der Waals surface area contributed by atoms with Crippen molar-refractivity contribution in [2.24, 2.45) is 11.1 Å². The zero-order valence-electron chi connectivity index (χ0n) is 11.1. The number of rotatable bonds is 4. The summed E-state index contributed by atoms with van der Waals surface area (Å²) in [6.45, 7) is 2.53. The minimum Gasteiger partial charge on any atom is -0.344 e. The van der Waals surface area contributed by atoms with Gasteiger partial charge in [-0.15, -0.1) is 0 Å². The first-order chi connectivity index (χ1) is 8.09. The second-order valence-corrected chi connectivity index (χ2v) is 5.80. The minimum atomic E-state index is -0.216. The highest BCUT2D eigenvalue weighted by Crippen LogP contribution is 2.41. The Morgan fingerprint density at radius 3 is 2.59 bits per heavy atom. The summed E-state index contributed by atoms with van der Waals surface area (Å²) in [7, 11) is 4.09. The van der Waals surface area contributed by atoms with Crippen molar-refractivity contribution in [2.45, 2.75) is 38.1 Å². The van der Waals surface area contributed by atoms with E-state index >= 15 is 0 Å². The molecule has 2 aliphatic rings. The molecule has 17 heavy (non-hydrogen) atoms. The van der Waals surface area contributed by atoms with Gasteiger partial charge in [-0.05, 0) is 39.3 Å². The molecule has 2 fully saturated rings. The summed E-state index contributed by atoms with van der Waals surface area (Å²) in [5.41, 5.74) is 5.57. The Hall–Kier alpha value is -0.610. The van der Waals surface area contributed by atoms with Crippen LogP contribution in [0.5, 0.6) is 0 Å². The Labute approximate surface area is 104 Å². The van der Waals surface area contributed by atoms with Crippen molar-refractivity contribution >= 4 is 5.91 Å². The standard InChI is InChI=1S/C13H25N3O/c1-15-8-3-5-11(15)9-16(2)12(17)13(10-14)6-4-7-13/h11H,3-10,14H2,1-2H3. The highest BCUT2D eigenvalue weighted by Gasteiger charge is 2.44. The lowest BCUT2D eigenvalue weighted by molar-refractivity contribution is -0.145. The molecule has 1 aliphatic heterocycles. The van der Waals surface area contributed by atoms with Gasteiger partial charge in [-0.1, -0.05) is 6.42 Å². The van der Waals surface area contributed by atoms with Gasteiger partial charge in [-0.3, -0.25) is 4.79 Å². The Morgan fingerprint density at radius 2 is 2.18 bits per heavy atom. The zero-order valence-corrected chi connectivity index (χ0v) is 11.1. The maximum absolute atomic E-state index is 12.4. The number of likely N-dealkylation sites (N-methyl/N-ethyl adjacent to an activating group) is 2. The van der Waals surface area contributed by atoms with Crippen molar-refractivity contribution in [1.82, 2.24) is 9.80 Å². The number of carbonyl (C=O) groups is 1. The molecule has 1 heterocycles. The molecule has 0 bridgehead atoms. The Balaban J connectivity index is 1.90. The SMILES string of the molecule is CN(CC1CCCN1C)C(=O)C1(CN)CCC1. The third kappa shape index (κ3) is 2.33. The van der Waals surface area contributed by atoms with Crippen molar-refractivity contribution in [3.05, 3.63) is 0 Å². The van der Waals surface area contributed by atoms with Gasteiger partial charge in [0.05, 0.1) is 5.41 Å². The predicted molar refractivity (Wildman–Crippen MR) is 68.6 cm³/mol. The van der Waals surface area contributed by atoms with E-state index in [-0.39, 0.29) is 11.3 Å². The summed E-state index contributed by atoms with van der Waals surface area (Å²) < 4.78 is 0. The molecule has 1 amide bonds. The molecule has 0 aromatic rings. The van der Waals surface area contributed by atoms with Crippen molar-refractivity contribution in [1.29, 1.82) is 0 Å². The van der Waals surface area contributed by atoms with E-state index < -0.39 is 0 Å². The van der Waals surface area contributed by atoms with E-state index in [9.17, 15) is 4.79 Å². The monoisotopic (exact) mass is 239 g/mol. The van der Waals surface area contributed by atoms with Crippen LogP contribution in [0.3, 0.4) is 0 Å². The van der Waals surface area contributed by atoms with Crippen LogP contribution in [0.2, 0.25) is 0 Å². The van der Waals surface area contributed by atoms with E-state index in [2.05, 4.69) is 11.9 Å². The fourth-order valence-electron chi connectivity index (χ4n) is 3.12. The number of amides is 1. The van der Waals surface area contributed by atoms with E-state index in [0.29, 0.717) is 12.6 Å². The highest BCUT2D eigenvalue weighted by atomic mass is 16.2. The Bertz CT molecular complexity index is 283. The average molecular weight is 239 g/mol. The third-order valence-corrected chi connectivity index (χ3v) is 4.66. The van der Waals surface area contributed by atoms with Crippen LogP contribution >= 0.6 is 0 Å². The molecule has 98 valence electrons. The van der Waals surface area contributed by atoms with E-state index in [0.717, 1.165) is 32.4 Å². The molecular weight excluding hydrogens is 214 g/mol. The van der Waals surface area contributed by atoms with Crippen LogP contribution in [0.4, 0.5) is 0 Å². The Morgan fingerprint density at radius 1 is 1.47 bits per heavy atom. The lowest BCUT2D eigenvalue weighted by Crippen LogP contribution is -2.52. The summed E-state index contributed by atoms with van der Waals surface area (Å²) in [6, 6.07) is 0.541. The van der Waals surface area contributed by atoms with Crippen molar-refractivity contribution < 1.29 is 4.79 Å². The van der Waals surface area contributed by atoms with E-state index in [1.54, 1.807) is 0 Å². The van der Waals surface area contributed by atoms with Crippen LogP contribution in [0.15, 0.2) is 0 Å². The fourth-order valence-corrected chi connectivity index (χ4v) is 3.12. The van der Waals surface area contributed by atoms with Crippen LogP contribution in [0, 0.1) is 5.41 Å². The number of nitrogens with two attached hydrogens (primary N) is 1. The topological polar surface area (TPSA) is 49.6 Å². The maximum atomic E-state index is 12.4. The number of hydrogen-bond donors (Lipinski definition) is 1. The van der Waals surface area contributed by atoms with Gasteiger partial charge in [0.2, 0.25) is 5.91 Å². The molecule has 4 nitrogen and oxygen atoms in total. The highest BCUT2D eigenvalue weighted by molar-refractivity contribution is 5.83. The Kier molecular flexibility index (Phi) is 3.73. The number of carbonyl (C=O) groups excluding carboxylic acids is 1. The number of hydrogen-bond acceptors (Lipinski definition) is 3. The van der Waals surface area contributed by atoms with Crippen molar-refractivity contribution in [2.75, 3.05) is 33.7 Å². The van der Waals surface area contributed by atoms with Crippen molar-refractivity contribution in [3.8, 4) is 0 Å². The number of likely N-dealkylation sites (tertiary alicyclic amines) is 1. The first-order valence-electron chi connectivity index (χ1n) is 6.75. The molecule has 1 unspecified atom stereocenters. The van der Waals surface area contributed by atoms with Crippen LogP contribution in [0.25, 0.3) is 0 Å². The van der Waals surface area contributed by atoms with Crippen LogP contribution < -0.4 is 5.73 Å². The first-order valence-corrected chi connectivity index (χ1v) is 6.75. The van der Waals surface area contributed by atoms with Crippen molar-refractivity contribution in [3.63, 3.8) is 0 Å². The molecule has 1 aliphatic carbocycles. The molecule has 0 aromatic heterocycles. The summed E-state index contributed by atoms with van der Waals surface area (Å²) in [5.74, 6) is 0.270. The maximum Gasteiger partial charge on any atom is 0.229 e. The molecule has 2 rings (SSSR count). The van der Waals surface area contributed by atoms with Gasteiger partial charge < -0.3 is 15.5 Å². The lowest BCUT2D eigenvalue weighted by atomic mass is 9.68. The predicted octanol–water partition coefficient (Wildman–Crippen LogP) is 0.668. The van der Waals surface area contributed by atoms with Crippen LogP contribution in [0.1, 0.15) is 32.1 Å². The van der Waals surface area contributed by atoms with Gasteiger partial charge >= 0.3 is 0 Å². The quantitative estimate of drug-likeness (QED) is 0.784. The molecule has 0 aromatic carbocycles. The van der Waals surface area contributed by atoms with E-state index in [1.165, 1.54) is 12.8 Å². The van der Waals surface area contributed by atoms with Gasteiger partial charge in [0.15, 0.2) is 0 Å². The smallest absolute Gasteiger partial charge is 0.229 e. The first kappa shape index (κ1) is 12.8. The van der Waals surface area contributed by atoms with Gasteiger partial charge in [0, 0.05) is 26.2 Å². The molecule has 2 N–H and O–H groups in total. The van der Waals surface area contributed by atoms with Gasteiger partial charge in [-0.25, -0.2) is 0 Å². The molecule has 1 saturated heterocycles. The largest absolute Gasteiger partial charge is 0.344 e. The number of nitrogens with zero attached hydrogens (tertiary/aromatic N) is 2. The molecule has 0 radical (unpaired) electrons. The summed E-state index contributed by atoms with van der Waals surface area (Å²) in [5, 5.41) is 0. The fraction of sp³-hybridized carbons (Fsp3) is 0.923. The van der Waals surface area contributed by atoms with Gasteiger partial charge in [0.25, 0.3) is 0 Å². The van der Waals surface area contributed by atoms with E-state index in [4.69, 9.17) is 5.73 Å². The van der Waals surface area contributed by atoms with Crippen LogP contribution in [-0.4, -0.2) is 55.5 Å². The molecule has 0 spiro atoms. The molecule has 1 saturated carbocycles. The lowest BCUT2D eigenvalue weighted by Gasteiger charge is -2.42. The van der Waals surface area contributed by atoms with Gasteiger partial charge in [-0.2, -0.15) is 0 Å². The van der Waals surface area contributed by atoms with E-state index in [1.807, 2.05) is 11.9 Å². The second kappa shape index (κ2) is 4.94. The average Bonchev–Trinajstić information content (AvgIpc) is 2.63. The van der Waals surface area contributed by atoms with Crippen LogP contribution in [-0.2, 0) is 4.79 Å². The molecule has 1 atom stereocenters. The van der Waals surface area contributed by atoms with Gasteiger partial charge in [0.1, 0.15) is 0 Å². The normalized spacial score (nSPS) is 27.8. The zero-order chi connectivity index (χ0) is 12.5. The second-order valence-electron chi connectivity index (χ2n) is 5.80. The molecule has 4 heteroatoms. The summed E-state index contributed by atoms with van der Waals surface area (Å²) in [6.07, 6.45) is 5.58. The molecular formula is C13H25N3O. The minimum absolute atomic E-state index is 0.216.